The van der Waals surface area contributed by atoms with E-state index in [4.69, 9.17) is 41.9 Å². The summed E-state index contributed by atoms with van der Waals surface area (Å²) in [7, 11) is 0. The Bertz CT molecular complexity index is 667. The smallest absolute Gasteiger partial charge is 0.186 e. The van der Waals surface area contributed by atoms with Gasteiger partial charge in [-0.05, 0) is 25.8 Å². The highest BCUT2D eigenvalue weighted by Crippen LogP contribution is 2.30. The summed E-state index contributed by atoms with van der Waals surface area (Å²) in [6, 6.07) is -3.21. The third-order valence-corrected chi connectivity index (χ3v) is 7.24. The van der Waals surface area contributed by atoms with E-state index in [0.717, 1.165) is 19.4 Å². The van der Waals surface area contributed by atoms with Crippen molar-refractivity contribution in [2.45, 2.75) is 118 Å². The quantitative estimate of drug-likeness (QED) is 0.121. The molecule has 0 bridgehead atoms. The van der Waals surface area contributed by atoms with E-state index in [0.29, 0.717) is 6.54 Å². The monoisotopic (exact) mass is 523 g/mol. The largest absolute Gasteiger partial charge is 0.394 e. The van der Waals surface area contributed by atoms with Crippen molar-refractivity contribution in [1.29, 1.82) is 0 Å². The van der Waals surface area contributed by atoms with Gasteiger partial charge in [0.1, 0.15) is 36.6 Å². The summed E-state index contributed by atoms with van der Waals surface area (Å²) in [5, 5.41) is 54.7. The van der Waals surface area contributed by atoms with Crippen molar-refractivity contribution in [3.63, 3.8) is 0 Å². The highest BCUT2D eigenvalue weighted by Gasteiger charge is 2.50. The molecule has 14 nitrogen and oxygen atoms in total. The minimum atomic E-state index is -1.44. The standard InChI is InChI=1S/C22H45N5O9/c1-2-3-4-27-7-13-12(29)6-11(25)21(33-13)35-19-9(23)5-10(24)20(18(19)32)36-22-17(31)15(26)16(30)14(8-28)34-22/h9-22,27-32H,2-8,23-26H2,1H3. The van der Waals surface area contributed by atoms with Gasteiger partial charge >= 0.3 is 0 Å². The van der Waals surface area contributed by atoms with Crippen LogP contribution >= 0.6 is 0 Å². The molecule has 1 aliphatic carbocycles. The number of rotatable bonds is 10. The van der Waals surface area contributed by atoms with Crippen molar-refractivity contribution in [3.8, 4) is 0 Å². The SMILES string of the molecule is CCCCNCC1OC(OC2C(N)CC(N)C(OC3OC(CO)C(O)C(N)C3O)C2O)C(N)CC1O. The predicted molar refractivity (Wildman–Crippen MR) is 127 cm³/mol. The number of ether oxygens (including phenoxy) is 4. The number of aliphatic hydroxyl groups is 5. The van der Waals surface area contributed by atoms with Crippen LogP contribution in [0.1, 0.15) is 32.6 Å². The van der Waals surface area contributed by atoms with E-state index in [-0.39, 0.29) is 12.8 Å². The van der Waals surface area contributed by atoms with Gasteiger partial charge in [-0.2, -0.15) is 0 Å². The summed E-state index contributed by atoms with van der Waals surface area (Å²) < 4.78 is 23.3. The molecule has 3 aliphatic rings. The Morgan fingerprint density at radius 2 is 1.42 bits per heavy atom. The molecule has 1 saturated carbocycles. The zero-order valence-corrected chi connectivity index (χ0v) is 20.7. The number of hydrogen-bond donors (Lipinski definition) is 10. The van der Waals surface area contributed by atoms with Crippen LogP contribution in [-0.2, 0) is 18.9 Å². The van der Waals surface area contributed by atoms with Crippen LogP contribution in [-0.4, -0.2) is 131 Å². The Kier molecular flexibility index (Phi) is 11.2. The maximum Gasteiger partial charge on any atom is 0.186 e. The second-order valence-corrected chi connectivity index (χ2v) is 10.1. The van der Waals surface area contributed by atoms with E-state index in [1.165, 1.54) is 0 Å². The van der Waals surface area contributed by atoms with E-state index >= 15 is 0 Å². The molecule has 0 aromatic heterocycles. The van der Waals surface area contributed by atoms with Crippen molar-refractivity contribution < 1.29 is 44.5 Å². The van der Waals surface area contributed by atoms with Gasteiger partial charge in [-0.1, -0.05) is 13.3 Å². The fraction of sp³-hybridized carbons (Fsp3) is 1.00. The van der Waals surface area contributed by atoms with Crippen molar-refractivity contribution in [3.05, 3.63) is 0 Å². The lowest BCUT2D eigenvalue weighted by Gasteiger charge is -2.47. The van der Waals surface area contributed by atoms with Crippen molar-refractivity contribution in [2.75, 3.05) is 19.7 Å². The number of hydrogen-bond acceptors (Lipinski definition) is 14. The van der Waals surface area contributed by atoms with Crippen LogP contribution in [0.2, 0.25) is 0 Å². The number of aliphatic hydroxyl groups excluding tert-OH is 5. The summed E-state index contributed by atoms with van der Waals surface area (Å²) in [6.07, 6.45) is -8.36. The molecule has 14 N–H and O–H groups in total. The Balaban J connectivity index is 1.65. The van der Waals surface area contributed by atoms with Crippen LogP contribution in [0.3, 0.4) is 0 Å². The third-order valence-electron chi connectivity index (χ3n) is 7.24. The van der Waals surface area contributed by atoms with Gasteiger partial charge in [-0.3, -0.25) is 0 Å². The second kappa shape index (κ2) is 13.5. The van der Waals surface area contributed by atoms with Gasteiger partial charge in [0.05, 0.1) is 30.9 Å². The molecular formula is C22H45N5O9. The van der Waals surface area contributed by atoms with Gasteiger partial charge in [0.2, 0.25) is 0 Å². The first-order chi connectivity index (χ1) is 17.1. The van der Waals surface area contributed by atoms with Crippen LogP contribution < -0.4 is 28.3 Å². The lowest BCUT2D eigenvalue weighted by molar-refractivity contribution is -0.315. The van der Waals surface area contributed by atoms with Gasteiger partial charge in [0.15, 0.2) is 12.6 Å². The Labute approximate surface area is 211 Å². The first-order valence-electron chi connectivity index (χ1n) is 12.8. The fourth-order valence-corrected chi connectivity index (χ4v) is 4.95. The van der Waals surface area contributed by atoms with E-state index in [1.54, 1.807) is 0 Å². The average molecular weight is 524 g/mol. The molecule has 0 aromatic rings. The molecule has 14 atom stereocenters. The molecule has 14 heteroatoms. The van der Waals surface area contributed by atoms with E-state index in [9.17, 15) is 25.5 Å². The van der Waals surface area contributed by atoms with Gasteiger partial charge in [0, 0.05) is 18.6 Å². The molecule has 14 unspecified atom stereocenters. The summed E-state index contributed by atoms with van der Waals surface area (Å²) in [5.74, 6) is 0. The predicted octanol–water partition coefficient (Wildman–Crippen LogP) is -4.86. The molecule has 0 spiro atoms. The molecular weight excluding hydrogens is 478 g/mol. The molecule has 36 heavy (non-hydrogen) atoms. The zero-order valence-electron chi connectivity index (χ0n) is 20.7. The number of unbranched alkanes of at least 4 members (excludes halogenated alkanes) is 1. The summed E-state index contributed by atoms with van der Waals surface area (Å²) in [6.45, 7) is 2.74. The molecule has 2 aliphatic heterocycles. The second-order valence-electron chi connectivity index (χ2n) is 10.1. The summed E-state index contributed by atoms with van der Waals surface area (Å²) >= 11 is 0. The van der Waals surface area contributed by atoms with Crippen molar-refractivity contribution in [1.82, 2.24) is 5.32 Å². The van der Waals surface area contributed by atoms with Crippen molar-refractivity contribution >= 4 is 0 Å². The van der Waals surface area contributed by atoms with Crippen molar-refractivity contribution in [2.24, 2.45) is 22.9 Å². The number of nitrogens with one attached hydrogen (secondary N) is 1. The van der Waals surface area contributed by atoms with Gasteiger partial charge < -0.3 is 72.7 Å². The van der Waals surface area contributed by atoms with Crippen LogP contribution in [0.15, 0.2) is 0 Å². The minimum absolute atomic E-state index is 0.208. The molecule has 3 fully saturated rings. The Morgan fingerprint density at radius 1 is 0.806 bits per heavy atom. The summed E-state index contributed by atoms with van der Waals surface area (Å²) in [4.78, 5) is 0. The summed E-state index contributed by atoms with van der Waals surface area (Å²) in [5.41, 5.74) is 24.5. The molecule has 0 amide bonds. The maximum atomic E-state index is 11.1. The molecule has 0 radical (unpaired) electrons. The van der Waals surface area contributed by atoms with Crippen LogP contribution in [0.5, 0.6) is 0 Å². The van der Waals surface area contributed by atoms with Gasteiger partial charge in [-0.15, -0.1) is 0 Å². The topological polar surface area (TPSA) is 254 Å². The number of nitrogens with two attached hydrogens (primary N) is 4. The van der Waals surface area contributed by atoms with Crippen LogP contribution in [0.25, 0.3) is 0 Å². The first kappa shape index (κ1) is 30.0. The lowest BCUT2D eigenvalue weighted by Crippen LogP contribution is -2.68. The highest BCUT2D eigenvalue weighted by molar-refractivity contribution is 5.01. The molecule has 3 rings (SSSR count). The van der Waals surface area contributed by atoms with Gasteiger partial charge in [-0.25, -0.2) is 0 Å². The van der Waals surface area contributed by atoms with E-state index in [2.05, 4.69) is 12.2 Å². The Hall–Kier alpha value is -0.560. The van der Waals surface area contributed by atoms with E-state index in [1.807, 2.05) is 0 Å². The average Bonchev–Trinajstić information content (AvgIpc) is 2.84. The molecule has 2 saturated heterocycles. The minimum Gasteiger partial charge on any atom is -0.394 e. The third kappa shape index (κ3) is 6.90. The first-order valence-corrected chi connectivity index (χ1v) is 12.8. The molecule has 2 heterocycles. The molecule has 0 aromatic carbocycles. The zero-order chi connectivity index (χ0) is 26.6. The van der Waals surface area contributed by atoms with Crippen LogP contribution in [0.4, 0.5) is 0 Å². The molecule has 212 valence electrons. The Morgan fingerprint density at radius 3 is 2.03 bits per heavy atom. The van der Waals surface area contributed by atoms with Crippen LogP contribution in [0, 0.1) is 0 Å². The fourth-order valence-electron chi connectivity index (χ4n) is 4.95. The highest BCUT2D eigenvalue weighted by atomic mass is 16.7. The van der Waals surface area contributed by atoms with E-state index < -0.39 is 92.2 Å². The van der Waals surface area contributed by atoms with Gasteiger partial charge in [0.25, 0.3) is 0 Å². The normalized spacial score (nSPS) is 48.2. The lowest BCUT2D eigenvalue weighted by atomic mass is 9.84. The maximum absolute atomic E-state index is 11.1.